The van der Waals surface area contributed by atoms with E-state index in [0.29, 0.717) is 12.1 Å². The minimum atomic E-state index is 0.585. The van der Waals surface area contributed by atoms with E-state index in [0.717, 1.165) is 29.5 Å². The third-order valence-electron chi connectivity index (χ3n) is 4.08. The molecular formula is C14H25ClN4. The fraction of sp³-hybridized carbons (Fsp3) is 0.786. The molecule has 0 aromatic carbocycles. The van der Waals surface area contributed by atoms with Gasteiger partial charge in [-0.3, -0.25) is 4.68 Å². The van der Waals surface area contributed by atoms with Gasteiger partial charge in [0.15, 0.2) is 0 Å². The molecule has 0 spiro atoms. The molecule has 5 heteroatoms. The van der Waals surface area contributed by atoms with Gasteiger partial charge in [-0.05, 0) is 40.5 Å². The van der Waals surface area contributed by atoms with Crippen LogP contribution in [0.25, 0.3) is 0 Å². The van der Waals surface area contributed by atoms with Gasteiger partial charge in [-0.1, -0.05) is 18.0 Å². The zero-order chi connectivity index (χ0) is 14.0. The van der Waals surface area contributed by atoms with Crippen LogP contribution in [-0.4, -0.2) is 26.9 Å². The van der Waals surface area contributed by atoms with Crippen LogP contribution in [-0.2, 0) is 13.1 Å². The molecule has 1 fully saturated rings. The zero-order valence-electron chi connectivity index (χ0n) is 12.4. The number of rotatable bonds is 4. The molecule has 0 saturated carbocycles. The largest absolute Gasteiger partial charge is 0.267 e. The summed E-state index contributed by atoms with van der Waals surface area (Å²) in [5.74, 6) is 0. The summed E-state index contributed by atoms with van der Waals surface area (Å²) in [4.78, 5) is 0. The summed E-state index contributed by atoms with van der Waals surface area (Å²) in [6.45, 7) is 10.2. The highest BCUT2D eigenvalue weighted by molar-refractivity contribution is 6.31. The third-order valence-corrected chi connectivity index (χ3v) is 4.57. The second-order valence-corrected chi connectivity index (χ2v) is 5.91. The highest BCUT2D eigenvalue weighted by Gasteiger charge is 2.25. The van der Waals surface area contributed by atoms with Crippen molar-refractivity contribution < 1.29 is 0 Å². The highest BCUT2D eigenvalue weighted by Crippen LogP contribution is 2.23. The molecular weight excluding hydrogens is 260 g/mol. The first-order valence-corrected chi connectivity index (χ1v) is 7.66. The number of nitrogens with one attached hydrogen (secondary N) is 1. The van der Waals surface area contributed by atoms with Gasteiger partial charge in [-0.25, -0.2) is 10.4 Å². The van der Waals surface area contributed by atoms with Crippen LogP contribution >= 0.6 is 11.6 Å². The summed E-state index contributed by atoms with van der Waals surface area (Å²) in [6.07, 6.45) is 3.85. The van der Waals surface area contributed by atoms with E-state index in [4.69, 9.17) is 11.6 Å². The Morgan fingerprint density at radius 2 is 1.95 bits per heavy atom. The van der Waals surface area contributed by atoms with E-state index in [1.165, 1.54) is 19.3 Å². The molecule has 1 aromatic heterocycles. The number of aryl methyl sites for hydroxylation is 2. The number of hydrazine groups is 1. The smallest absolute Gasteiger partial charge is 0.0860 e. The minimum absolute atomic E-state index is 0.585. The first-order valence-electron chi connectivity index (χ1n) is 7.28. The van der Waals surface area contributed by atoms with Crippen molar-refractivity contribution in [3.8, 4) is 0 Å². The molecule has 1 aromatic rings. The number of aromatic nitrogens is 2. The molecule has 2 atom stereocenters. The number of piperidine rings is 1. The first-order chi connectivity index (χ1) is 9.04. The predicted molar refractivity (Wildman–Crippen MR) is 79.1 cm³/mol. The summed E-state index contributed by atoms with van der Waals surface area (Å²) >= 11 is 6.34. The fourth-order valence-corrected chi connectivity index (χ4v) is 3.14. The van der Waals surface area contributed by atoms with Crippen molar-refractivity contribution in [2.45, 2.75) is 72.1 Å². The van der Waals surface area contributed by atoms with Gasteiger partial charge >= 0.3 is 0 Å². The van der Waals surface area contributed by atoms with Gasteiger partial charge in [0.05, 0.1) is 23.0 Å². The van der Waals surface area contributed by atoms with Gasteiger partial charge in [-0.15, -0.1) is 0 Å². The monoisotopic (exact) mass is 284 g/mol. The molecule has 0 radical (unpaired) electrons. The molecule has 2 unspecified atom stereocenters. The summed E-state index contributed by atoms with van der Waals surface area (Å²) in [6, 6.07) is 1.17. The molecule has 4 nitrogen and oxygen atoms in total. The van der Waals surface area contributed by atoms with Crippen LogP contribution in [0.5, 0.6) is 0 Å². The quantitative estimate of drug-likeness (QED) is 0.922. The summed E-state index contributed by atoms with van der Waals surface area (Å²) in [7, 11) is 0. The first kappa shape index (κ1) is 14.8. The molecule has 0 aliphatic carbocycles. The molecule has 2 heterocycles. The molecule has 0 bridgehead atoms. The molecule has 2 rings (SSSR count). The van der Waals surface area contributed by atoms with Crippen LogP contribution in [0.2, 0.25) is 5.02 Å². The lowest BCUT2D eigenvalue weighted by atomic mass is 10.00. The summed E-state index contributed by atoms with van der Waals surface area (Å²) in [5, 5.41) is 7.63. The van der Waals surface area contributed by atoms with Crippen molar-refractivity contribution in [3.05, 3.63) is 16.4 Å². The van der Waals surface area contributed by atoms with Crippen LogP contribution < -0.4 is 5.43 Å². The Kier molecular flexibility index (Phi) is 4.87. The standard InChI is InChI=1S/C14H25ClN4/c1-5-18-13(14(15)12(4)17-18)9-16-19-10(2)7-6-8-11(19)3/h10-11,16H,5-9H2,1-4H3. The molecule has 108 valence electrons. The van der Waals surface area contributed by atoms with Crippen LogP contribution in [0.15, 0.2) is 0 Å². The Bertz CT molecular complexity index is 419. The van der Waals surface area contributed by atoms with Gasteiger partial charge < -0.3 is 0 Å². The third kappa shape index (κ3) is 3.12. The second-order valence-electron chi connectivity index (χ2n) is 5.53. The maximum absolute atomic E-state index is 6.34. The van der Waals surface area contributed by atoms with E-state index >= 15 is 0 Å². The van der Waals surface area contributed by atoms with E-state index in [9.17, 15) is 0 Å². The average molecular weight is 285 g/mol. The summed E-state index contributed by atoms with van der Waals surface area (Å²) in [5.41, 5.74) is 5.56. The SMILES string of the molecule is CCn1nc(C)c(Cl)c1CNN1C(C)CCCC1C. The van der Waals surface area contributed by atoms with Crippen molar-refractivity contribution in [3.63, 3.8) is 0 Å². The Labute approximate surface area is 121 Å². The number of halogens is 1. The van der Waals surface area contributed by atoms with Crippen molar-refractivity contribution in [1.29, 1.82) is 0 Å². The Morgan fingerprint density at radius 1 is 1.32 bits per heavy atom. The van der Waals surface area contributed by atoms with Crippen LogP contribution in [0, 0.1) is 6.92 Å². The van der Waals surface area contributed by atoms with E-state index in [-0.39, 0.29) is 0 Å². The lowest BCUT2D eigenvalue weighted by Crippen LogP contribution is -2.51. The molecule has 1 N–H and O–H groups in total. The lowest BCUT2D eigenvalue weighted by molar-refractivity contribution is 0.0426. The molecule has 1 aliphatic heterocycles. The van der Waals surface area contributed by atoms with Crippen LogP contribution in [0.3, 0.4) is 0 Å². The van der Waals surface area contributed by atoms with Crippen LogP contribution in [0.4, 0.5) is 0 Å². The van der Waals surface area contributed by atoms with E-state index in [2.05, 4.69) is 36.3 Å². The number of hydrogen-bond donors (Lipinski definition) is 1. The van der Waals surface area contributed by atoms with Gasteiger partial charge in [0.1, 0.15) is 0 Å². The topological polar surface area (TPSA) is 33.1 Å². The van der Waals surface area contributed by atoms with Gasteiger partial charge in [0, 0.05) is 18.6 Å². The zero-order valence-corrected chi connectivity index (χ0v) is 13.2. The molecule has 0 amide bonds. The second kappa shape index (κ2) is 6.25. The maximum Gasteiger partial charge on any atom is 0.0860 e. The number of nitrogens with zero attached hydrogens (tertiary/aromatic N) is 3. The summed E-state index contributed by atoms with van der Waals surface area (Å²) < 4.78 is 1.99. The van der Waals surface area contributed by atoms with Gasteiger partial charge in [-0.2, -0.15) is 5.10 Å². The van der Waals surface area contributed by atoms with E-state index < -0.39 is 0 Å². The Balaban J connectivity index is 2.05. The predicted octanol–water partition coefficient (Wildman–Crippen LogP) is 3.13. The molecule has 1 aliphatic rings. The van der Waals surface area contributed by atoms with Crippen molar-refractivity contribution in [1.82, 2.24) is 20.2 Å². The number of hydrogen-bond acceptors (Lipinski definition) is 3. The van der Waals surface area contributed by atoms with Gasteiger partial charge in [0.25, 0.3) is 0 Å². The van der Waals surface area contributed by atoms with E-state index in [1.807, 2.05) is 11.6 Å². The van der Waals surface area contributed by atoms with Gasteiger partial charge in [0.2, 0.25) is 0 Å². The molecule has 1 saturated heterocycles. The fourth-order valence-electron chi connectivity index (χ4n) is 2.94. The highest BCUT2D eigenvalue weighted by atomic mass is 35.5. The Morgan fingerprint density at radius 3 is 2.53 bits per heavy atom. The molecule has 19 heavy (non-hydrogen) atoms. The van der Waals surface area contributed by atoms with Crippen molar-refractivity contribution in [2.75, 3.05) is 0 Å². The van der Waals surface area contributed by atoms with Crippen LogP contribution in [0.1, 0.15) is 51.4 Å². The average Bonchev–Trinajstić information content (AvgIpc) is 2.65. The Hall–Kier alpha value is -0.580. The minimum Gasteiger partial charge on any atom is -0.267 e. The normalized spacial score (nSPS) is 24.9. The lowest BCUT2D eigenvalue weighted by Gasteiger charge is -2.39. The van der Waals surface area contributed by atoms with E-state index in [1.54, 1.807) is 0 Å². The maximum atomic E-state index is 6.34. The van der Waals surface area contributed by atoms with Crippen molar-refractivity contribution >= 4 is 11.6 Å². The van der Waals surface area contributed by atoms with Crippen molar-refractivity contribution in [2.24, 2.45) is 0 Å².